The molecule has 2 rings (SSSR count). The second-order valence-electron chi connectivity index (χ2n) is 4.00. The van der Waals surface area contributed by atoms with E-state index in [-0.39, 0.29) is 9.92 Å². The summed E-state index contributed by atoms with van der Waals surface area (Å²) in [4.78, 5) is -0.0813. The van der Waals surface area contributed by atoms with Crippen molar-refractivity contribution >= 4 is 27.3 Å². The van der Waals surface area contributed by atoms with Gasteiger partial charge in [-0.05, 0) is 36.8 Å². The Morgan fingerprint density at radius 1 is 1.16 bits per heavy atom. The zero-order valence-corrected chi connectivity index (χ0v) is 11.6. The molecule has 0 amide bonds. The molecule has 0 aliphatic heterocycles. The van der Waals surface area contributed by atoms with Crippen LogP contribution < -0.4 is 4.72 Å². The number of anilines is 1. The molecule has 0 fully saturated rings. The highest BCUT2D eigenvalue weighted by Crippen LogP contribution is 2.23. The molecule has 0 radical (unpaired) electrons. The van der Waals surface area contributed by atoms with Crippen LogP contribution in [0.5, 0.6) is 0 Å². The van der Waals surface area contributed by atoms with Crippen molar-refractivity contribution in [3.63, 3.8) is 0 Å². The van der Waals surface area contributed by atoms with Crippen LogP contribution in [0.25, 0.3) is 0 Å². The SMILES string of the molecule is Cc1ccccc1NS(=O)(=O)c1ccc(F)c(Cl)c1. The second-order valence-corrected chi connectivity index (χ2v) is 6.09. The van der Waals surface area contributed by atoms with Gasteiger partial charge in [-0.25, -0.2) is 12.8 Å². The Labute approximate surface area is 116 Å². The fraction of sp³-hybridized carbons (Fsp3) is 0.0769. The Balaban J connectivity index is 2.38. The molecule has 2 aromatic rings. The zero-order valence-electron chi connectivity index (χ0n) is 10.0. The number of benzene rings is 2. The largest absolute Gasteiger partial charge is 0.279 e. The van der Waals surface area contributed by atoms with Gasteiger partial charge in [0.15, 0.2) is 0 Å². The van der Waals surface area contributed by atoms with Gasteiger partial charge in [0.05, 0.1) is 15.6 Å². The molecule has 0 saturated carbocycles. The number of para-hydroxylation sites is 1. The van der Waals surface area contributed by atoms with E-state index < -0.39 is 15.8 Å². The van der Waals surface area contributed by atoms with E-state index in [2.05, 4.69) is 4.72 Å². The summed E-state index contributed by atoms with van der Waals surface area (Å²) in [6, 6.07) is 10.2. The minimum absolute atomic E-state index is 0.0813. The Bertz CT molecular complexity index is 716. The van der Waals surface area contributed by atoms with Crippen molar-refractivity contribution in [3.05, 3.63) is 58.9 Å². The van der Waals surface area contributed by atoms with Crippen LogP contribution in [0, 0.1) is 12.7 Å². The second kappa shape index (κ2) is 5.19. The maximum atomic E-state index is 13.0. The van der Waals surface area contributed by atoms with Crippen LogP contribution in [0.1, 0.15) is 5.56 Å². The topological polar surface area (TPSA) is 46.2 Å². The van der Waals surface area contributed by atoms with Crippen LogP contribution in [-0.2, 0) is 10.0 Å². The molecule has 0 aromatic heterocycles. The highest BCUT2D eigenvalue weighted by molar-refractivity contribution is 7.92. The summed E-state index contributed by atoms with van der Waals surface area (Å²) in [6.45, 7) is 1.79. The molecular weight excluding hydrogens is 289 g/mol. The van der Waals surface area contributed by atoms with Crippen LogP contribution in [0.15, 0.2) is 47.4 Å². The van der Waals surface area contributed by atoms with Crippen molar-refractivity contribution in [1.82, 2.24) is 0 Å². The summed E-state index contributed by atoms with van der Waals surface area (Å²) in [7, 11) is -3.78. The average molecular weight is 300 g/mol. The Morgan fingerprint density at radius 3 is 2.47 bits per heavy atom. The molecule has 0 spiro atoms. The Kier molecular flexibility index (Phi) is 3.78. The average Bonchev–Trinajstić information content (AvgIpc) is 2.35. The van der Waals surface area contributed by atoms with Crippen LogP contribution in [0.4, 0.5) is 10.1 Å². The zero-order chi connectivity index (χ0) is 14.0. The van der Waals surface area contributed by atoms with Crippen molar-refractivity contribution < 1.29 is 12.8 Å². The fourth-order valence-corrected chi connectivity index (χ4v) is 2.94. The highest BCUT2D eigenvalue weighted by Gasteiger charge is 2.16. The van der Waals surface area contributed by atoms with Gasteiger partial charge in [-0.3, -0.25) is 4.72 Å². The minimum atomic E-state index is -3.78. The van der Waals surface area contributed by atoms with Gasteiger partial charge in [0, 0.05) is 0 Å². The molecule has 100 valence electrons. The highest BCUT2D eigenvalue weighted by atomic mass is 35.5. The fourth-order valence-electron chi connectivity index (χ4n) is 1.54. The van der Waals surface area contributed by atoms with E-state index >= 15 is 0 Å². The van der Waals surface area contributed by atoms with Crippen molar-refractivity contribution in [2.24, 2.45) is 0 Å². The third-order valence-electron chi connectivity index (χ3n) is 2.59. The summed E-state index contributed by atoms with van der Waals surface area (Å²) >= 11 is 5.59. The van der Waals surface area contributed by atoms with E-state index in [4.69, 9.17) is 11.6 Å². The molecule has 2 aromatic carbocycles. The molecule has 0 unspecified atom stereocenters. The molecule has 0 heterocycles. The Hall–Kier alpha value is -1.59. The summed E-state index contributed by atoms with van der Waals surface area (Å²) in [5.41, 5.74) is 1.27. The molecule has 0 bridgehead atoms. The van der Waals surface area contributed by atoms with Gasteiger partial charge in [-0.1, -0.05) is 29.8 Å². The number of nitrogens with one attached hydrogen (secondary N) is 1. The predicted molar refractivity (Wildman–Crippen MR) is 73.4 cm³/mol. The number of aryl methyl sites for hydroxylation is 1. The normalized spacial score (nSPS) is 11.3. The van der Waals surface area contributed by atoms with E-state index in [0.717, 1.165) is 17.7 Å². The molecule has 0 aliphatic rings. The maximum Gasteiger partial charge on any atom is 0.261 e. The van der Waals surface area contributed by atoms with E-state index in [9.17, 15) is 12.8 Å². The third kappa shape index (κ3) is 3.05. The first kappa shape index (κ1) is 13.8. The van der Waals surface area contributed by atoms with Crippen molar-refractivity contribution in [1.29, 1.82) is 0 Å². The lowest BCUT2D eigenvalue weighted by Gasteiger charge is -2.10. The molecule has 6 heteroatoms. The van der Waals surface area contributed by atoms with Gasteiger partial charge in [0.25, 0.3) is 10.0 Å². The van der Waals surface area contributed by atoms with Crippen LogP contribution >= 0.6 is 11.6 Å². The summed E-state index contributed by atoms with van der Waals surface area (Å²) in [5.74, 6) is -0.656. The smallest absolute Gasteiger partial charge is 0.261 e. The first-order valence-electron chi connectivity index (χ1n) is 5.43. The van der Waals surface area contributed by atoms with Gasteiger partial charge in [0.2, 0.25) is 0 Å². The molecule has 1 N–H and O–H groups in total. The summed E-state index contributed by atoms with van der Waals surface area (Å²) in [6.07, 6.45) is 0. The first-order valence-corrected chi connectivity index (χ1v) is 7.30. The van der Waals surface area contributed by atoms with Gasteiger partial charge in [-0.2, -0.15) is 0 Å². The monoisotopic (exact) mass is 299 g/mol. The van der Waals surface area contributed by atoms with E-state index in [1.54, 1.807) is 25.1 Å². The van der Waals surface area contributed by atoms with Crippen molar-refractivity contribution in [2.45, 2.75) is 11.8 Å². The van der Waals surface area contributed by atoms with E-state index in [0.29, 0.717) is 5.69 Å². The minimum Gasteiger partial charge on any atom is -0.279 e. The molecular formula is C13H11ClFNO2S. The molecule has 0 saturated heterocycles. The maximum absolute atomic E-state index is 13.0. The number of halogens is 2. The van der Waals surface area contributed by atoms with Gasteiger partial charge >= 0.3 is 0 Å². The summed E-state index contributed by atoms with van der Waals surface area (Å²) < 4.78 is 39.7. The van der Waals surface area contributed by atoms with Crippen LogP contribution in [0.2, 0.25) is 5.02 Å². The Morgan fingerprint density at radius 2 is 1.84 bits per heavy atom. The lowest BCUT2D eigenvalue weighted by atomic mass is 10.2. The van der Waals surface area contributed by atoms with Gasteiger partial charge in [0.1, 0.15) is 5.82 Å². The number of hydrogen-bond donors (Lipinski definition) is 1. The van der Waals surface area contributed by atoms with Gasteiger partial charge in [-0.15, -0.1) is 0 Å². The lowest BCUT2D eigenvalue weighted by molar-refractivity contribution is 0.599. The van der Waals surface area contributed by atoms with Gasteiger partial charge < -0.3 is 0 Å². The molecule has 3 nitrogen and oxygen atoms in total. The van der Waals surface area contributed by atoms with Crippen LogP contribution in [-0.4, -0.2) is 8.42 Å². The third-order valence-corrected chi connectivity index (χ3v) is 4.24. The first-order chi connectivity index (χ1) is 8.90. The number of rotatable bonds is 3. The summed E-state index contributed by atoms with van der Waals surface area (Å²) in [5, 5.41) is -0.229. The standard InChI is InChI=1S/C13H11ClFNO2S/c1-9-4-2-3-5-13(9)16-19(17,18)10-6-7-12(15)11(14)8-10/h2-8,16H,1H3. The molecule has 0 atom stereocenters. The predicted octanol–water partition coefficient (Wildman–Crippen LogP) is 3.59. The van der Waals surface area contributed by atoms with Crippen molar-refractivity contribution in [2.75, 3.05) is 4.72 Å². The number of sulfonamides is 1. The molecule has 0 aliphatic carbocycles. The van der Waals surface area contributed by atoms with E-state index in [1.807, 2.05) is 6.07 Å². The van der Waals surface area contributed by atoms with Crippen molar-refractivity contribution in [3.8, 4) is 0 Å². The number of hydrogen-bond acceptors (Lipinski definition) is 2. The molecule has 19 heavy (non-hydrogen) atoms. The quantitative estimate of drug-likeness (QED) is 0.941. The van der Waals surface area contributed by atoms with Crippen LogP contribution in [0.3, 0.4) is 0 Å². The van der Waals surface area contributed by atoms with E-state index in [1.165, 1.54) is 6.07 Å². The lowest BCUT2D eigenvalue weighted by Crippen LogP contribution is -2.13.